The van der Waals surface area contributed by atoms with Crippen LogP contribution in [0.4, 0.5) is 0 Å². The van der Waals surface area contributed by atoms with Crippen molar-refractivity contribution in [2.24, 2.45) is 5.73 Å². The summed E-state index contributed by atoms with van der Waals surface area (Å²) < 4.78 is 11.4. The molecule has 1 amide bonds. The molecule has 26 heavy (non-hydrogen) atoms. The van der Waals surface area contributed by atoms with E-state index in [-0.39, 0.29) is 5.91 Å². The van der Waals surface area contributed by atoms with Gasteiger partial charge in [0.15, 0.2) is 0 Å². The van der Waals surface area contributed by atoms with E-state index in [0.717, 1.165) is 12.0 Å². The Morgan fingerprint density at radius 2 is 1.73 bits per heavy atom. The molecule has 0 heterocycles. The van der Waals surface area contributed by atoms with E-state index >= 15 is 0 Å². The van der Waals surface area contributed by atoms with Crippen LogP contribution in [0.15, 0.2) is 60.7 Å². The number of carbonyl (C=O) groups is 1. The fraction of sp³-hybridized carbons (Fsp3) is 0.381. The van der Waals surface area contributed by atoms with Gasteiger partial charge >= 0.3 is 0 Å². The lowest BCUT2D eigenvalue weighted by Crippen LogP contribution is -2.58. The summed E-state index contributed by atoms with van der Waals surface area (Å²) in [7, 11) is 0. The molecule has 2 aromatic rings. The fourth-order valence-corrected chi connectivity index (χ4v) is 2.57. The standard InChI is InChI=1S/C21H28N2O3/c1-2-14-21(22,26-19-12-7-4-8-13-19)20(24)23-15-9-16-25-17-18-10-5-3-6-11-18/h3-8,10-13H,2,9,14-17,22H2,1H3,(H,23,24). The second kappa shape index (κ2) is 10.6. The lowest BCUT2D eigenvalue weighted by Gasteiger charge is -2.28. The number of para-hydroxylation sites is 1. The molecule has 3 N–H and O–H groups in total. The SMILES string of the molecule is CCCC(N)(Oc1ccccc1)C(=O)NCCCOCc1ccccc1. The molecule has 0 aliphatic heterocycles. The molecule has 1 unspecified atom stereocenters. The molecule has 0 fully saturated rings. The lowest BCUT2D eigenvalue weighted by molar-refractivity contribution is -0.137. The van der Waals surface area contributed by atoms with Gasteiger partial charge in [-0.3, -0.25) is 10.5 Å². The number of benzene rings is 2. The van der Waals surface area contributed by atoms with Crippen molar-refractivity contribution in [2.45, 2.75) is 38.5 Å². The van der Waals surface area contributed by atoms with Crippen LogP contribution in [-0.2, 0) is 16.1 Å². The molecule has 0 bridgehead atoms. The van der Waals surface area contributed by atoms with Crippen LogP contribution in [0.5, 0.6) is 5.75 Å². The highest BCUT2D eigenvalue weighted by Crippen LogP contribution is 2.18. The Bertz CT molecular complexity index is 649. The van der Waals surface area contributed by atoms with Crippen molar-refractivity contribution in [3.8, 4) is 5.75 Å². The van der Waals surface area contributed by atoms with Crippen LogP contribution in [0.2, 0.25) is 0 Å². The first-order valence-corrected chi connectivity index (χ1v) is 9.07. The van der Waals surface area contributed by atoms with Gasteiger partial charge in [0, 0.05) is 19.6 Å². The van der Waals surface area contributed by atoms with E-state index in [0.29, 0.717) is 38.3 Å². The summed E-state index contributed by atoms with van der Waals surface area (Å²) in [5.41, 5.74) is 6.01. The van der Waals surface area contributed by atoms with Crippen LogP contribution in [-0.4, -0.2) is 24.8 Å². The summed E-state index contributed by atoms with van der Waals surface area (Å²) in [6, 6.07) is 19.2. The number of nitrogens with one attached hydrogen (secondary N) is 1. The van der Waals surface area contributed by atoms with Crippen LogP contribution in [0.25, 0.3) is 0 Å². The number of carbonyl (C=O) groups excluding carboxylic acids is 1. The number of rotatable bonds is 11. The molecule has 5 nitrogen and oxygen atoms in total. The lowest BCUT2D eigenvalue weighted by atomic mass is 10.1. The molecule has 0 saturated carbocycles. The van der Waals surface area contributed by atoms with Crippen LogP contribution in [0, 0.1) is 0 Å². The Labute approximate surface area is 155 Å². The zero-order valence-corrected chi connectivity index (χ0v) is 15.3. The van der Waals surface area contributed by atoms with E-state index in [1.54, 1.807) is 12.1 Å². The first-order valence-electron chi connectivity index (χ1n) is 9.07. The van der Waals surface area contributed by atoms with E-state index in [1.807, 2.05) is 55.5 Å². The number of amides is 1. The maximum atomic E-state index is 12.5. The topological polar surface area (TPSA) is 73.6 Å². The van der Waals surface area contributed by atoms with Gasteiger partial charge in [-0.05, 0) is 24.1 Å². The maximum absolute atomic E-state index is 12.5. The monoisotopic (exact) mass is 356 g/mol. The molecule has 0 aliphatic carbocycles. The molecule has 2 rings (SSSR count). The van der Waals surface area contributed by atoms with Gasteiger partial charge in [0.25, 0.3) is 5.91 Å². The van der Waals surface area contributed by atoms with Crippen molar-refractivity contribution in [1.29, 1.82) is 0 Å². The molecule has 0 saturated heterocycles. The highest BCUT2D eigenvalue weighted by molar-refractivity contribution is 5.84. The van der Waals surface area contributed by atoms with Gasteiger partial charge in [0.2, 0.25) is 5.72 Å². The Morgan fingerprint density at radius 1 is 1.08 bits per heavy atom. The Balaban J connectivity index is 1.73. The van der Waals surface area contributed by atoms with Gasteiger partial charge in [0.05, 0.1) is 6.61 Å². The van der Waals surface area contributed by atoms with Crippen LogP contribution < -0.4 is 15.8 Å². The predicted octanol–water partition coefficient (Wildman–Crippen LogP) is 3.24. The third-order valence-electron chi connectivity index (χ3n) is 3.91. The molecule has 0 aliphatic rings. The van der Waals surface area contributed by atoms with Gasteiger partial charge in [-0.2, -0.15) is 0 Å². The van der Waals surface area contributed by atoms with Gasteiger partial charge in [0.1, 0.15) is 5.75 Å². The summed E-state index contributed by atoms with van der Waals surface area (Å²) >= 11 is 0. The third-order valence-corrected chi connectivity index (χ3v) is 3.91. The van der Waals surface area contributed by atoms with Gasteiger partial charge in [-0.1, -0.05) is 61.9 Å². The normalized spacial score (nSPS) is 13.0. The van der Waals surface area contributed by atoms with Crippen LogP contribution in [0.3, 0.4) is 0 Å². The quantitative estimate of drug-likeness (QED) is 0.479. The Morgan fingerprint density at radius 3 is 2.38 bits per heavy atom. The first-order chi connectivity index (χ1) is 12.6. The van der Waals surface area contributed by atoms with Gasteiger partial charge < -0.3 is 14.8 Å². The molecular formula is C21H28N2O3. The summed E-state index contributed by atoms with van der Waals surface area (Å²) in [4.78, 5) is 12.5. The van der Waals surface area contributed by atoms with Gasteiger partial charge in [-0.15, -0.1) is 0 Å². The number of hydrogen-bond donors (Lipinski definition) is 2. The molecule has 0 radical (unpaired) electrons. The molecular weight excluding hydrogens is 328 g/mol. The molecule has 2 aromatic carbocycles. The maximum Gasteiger partial charge on any atom is 0.279 e. The van der Waals surface area contributed by atoms with E-state index in [4.69, 9.17) is 15.2 Å². The second-order valence-electron chi connectivity index (χ2n) is 6.20. The largest absolute Gasteiger partial charge is 0.464 e. The average Bonchev–Trinajstić information content (AvgIpc) is 2.66. The van der Waals surface area contributed by atoms with Crippen molar-refractivity contribution >= 4 is 5.91 Å². The predicted molar refractivity (Wildman–Crippen MR) is 103 cm³/mol. The Hall–Kier alpha value is -2.37. The van der Waals surface area contributed by atoms with Crippen LogP contribution in [0.1, 0.15) is 31.7 Å². The average molecular weight is 356 g/mol. The fourth-order valence-electron chi connectivity index (χ4n) is 2.57. The van der Waals surface area contributed by atoms with E-state index in [1.165, 1.54) is 0 Å². The van der Waals surface area contributed by atoms with Crippen molar-refractivity contribution in [1.82, 2.24) is 5.32 Å². The smallest absolute Gasteiger partial charge is 0.279 e. The summed E-state index contributed by atoms with van der Waals surface area (Å²) in [5, 5.41) is 2.86. The summed E-state index contributed by atoms with van der Waals surface area (Å²) in [6.07, 6.45) is 1.90. The zero-order valence-electron chi connectivity index (χ0n) is 15.3. The minimum atomic E-state index is -1.36. The van der Waals surface area contributed by atoms with Crippen LogP contribution >= 0.6 is 0 Å². The van der Waals surface area contributed by atoms with Crippen molar-refractivity contribution < 1.29 is 14.3 Å². The Kier molecular flexibility index (Phi) is 8.12. The van der Waals surface area contributed by atoms with Gasteiger partial charge in [-0.25, -0.2) is 0 Å². The third kappa shape index (κ3) is 6.50. The van der Waals surface area contributed by atoms with E-state index in [9.17, 15) is 4.79 Å². The number of hydrogen-bond acceptors (Lipinski definition) is 4. The molecule has 5 heteroatoms. The minimum Gasteiger partial charge on any atom is -0.464 e. The molecule has 1 atom stereocenters. The van der Waals surface area contributed by atoms with Crippen molar-refractivity contribution in [3.05, 3.63) is 66.2 Å². The minimum absolute atomic E-state index is 0.300. The first kappa shape index (κ1) is 19.9. The number of nitrogens with two attached hydrogens (primary N) is 1. The summed E-state index contributed by atoms with van der Waals surface area (Å²) in [5.74, 6) is 0.288. The second-order valence-corrected chi connectivity index (χ2v) is 6.20. The molecule has 140 valence electrons. The highest BCUT2D eigenvalue weighted by Gasteiger charge is 2.35. The van der Waals surface area contributed by atoms with Crippen molar-refractivity contribution in [2.75, 3.05) is 13.2 Å². The molecule has 0 aromatic heterocycles. The van der Waals surface area contributed by atoms with E-state index < -0.39 is 5.72 Å². The summed E-state index contributed by atoms with van der Waals surface area (Å²) in [6.45, 7) is 3.61. The highest BCUT2D eigenvalue weighted by atomic mass is 16.5. The zero-order chi connectivity index (χ0) is 18.7. The number of ether oxygens (including phenoxy) is 2. The molecule has 0 spiro atoms. The van der Waals surface area contributed by atoms with Crippen molar-refractivity contribution in [3.63, 3.8) is 0 Å². The van der Waals surface area contributed by atoms with E-state index in [2.05, 4.69) is 5.32 Å².